The Bertz CT molecular complexity index is 3520. The lowest BCUT2D eigenvalue weighted by Gasteiger charge is -2.32. The van der Waals surface area contributed by atoms with Crippen molar-refractivity contribution in [1.82, 2.24) is 9.55 Å². The van der Waals surface area contributed by atoms with Gasteiger partial charge in [0.15, 0.2) is 0 Å². The maximum Gasteiger partial charge on any atom is 0.137 e. The van der Waals surface area contributed by atoms with Crippen LogP contribution in [0, 0.1) is 0 Å². The van der Waals surface area contributed by atoms with Gasteiger partial charge in [-0.25, -0.2) is 4.98 Å². The predicted octanol–water partition coefficient (Wildman–Crippen LogP) is 17.1. The molecule has 72 heavy (non-hydrogen) atoms. The Hall–Kier alpha value is -6.89. The lowest BCUT2D eigenvalue weighted by molar-refractivity contribution is 0.484. The van der Waals surface area contributed by atoms with Crippen LogP contribution in [0.25, 0.3) is 49.9 Å². The highest BCUT2D eigenvalue weighted by Crippen LogP contribution is 2.48. The van der Waals surface area contributed by atoms with Crippen LogP contribution in [-0.2, 0) is 21.7 Å². The molecule has 7 aromatic carbocycles. The van der Waals surface area contributed by atoms with Crippen molar-refractivity contribution < 1.29 is 4.74 Å². The molecule has 10 rings (SSSR count). The summed E-state index contributed by atoms with van der Waals surface area (Å²) in [6, 6.07) is 55.9. The average Bonchev–Trinajstić information content (AvgIpc) is 3.78. The fourth-order valence-electron chi connectivity index (χ4n) is 10.7. The zero-order chi connectivity index (χ0) is 51.3. The van der Waals surface area contributed by atoms with E-state index in [0.717, 1.165) is 45.6 Å². The monoisotopic (exact) mass is 965 g/mol. The molecule has 5 nitrogen and oxygen atoms in total. The summed E-state index contributed by atoms with van der Waals surface area (Å²) in [5, 5.41) is 9.45. The summed E-state index contributed by atoms with van der Waals surface area (Å²) < 4.78 is 9.32. The first-order valence-corrected chi connectivity index (χ1v) is 28.7. The van der Waals surface area contributed by atoms with E-state index in [4.69, 9.17) is 9.72 Å². The van der Waals surface area contributed by atoms with E-state index < -0.39 is 8.07 Å². The standard InChI is InChI=1S/C66H72N4OSi/c1-63(2,3)44-31-32-67-59(38-44)70-55-29-22-30-57-60(55)61-56(70)40-50(41-58(61)72(57,14)15)71-49-26-21-25-48(39-49)68-53-27-19-20-28-54(53)69(13)62-51(42-23-17-16-18-24-42)36-47(66(10,11)12)37-52(62)43-33-45(64(4,5)6)35-46(34-43)65(7,8)9/h16-41,68H,1-15H3. The molecule has 0 saturated carbocycles. The number of benzene rings is 7. The molecule has 1 aliphatic rings. The quantitative estimate of drug-likeness (QED) is 0.146. The molecule has 0 bridgehead atoms. The first-order chi connectivity index (χ1) is 33.9. The first-order valence-electron chi connectivity index (χ1n) is 25.7. The van der Waals surface area contributed by atoms with Gasteiger partial charge in [0.25, 0.3) is 0 Å². The molecular weight excluding hydrogens is 893 g/mol. The third-order valence-electron chi connectivity index (χ3n) is 15.0. The summed E-state index contributed by atoms with van der Waals surface area (Å²) in [7, 11) is 0.194. The highest BCUT2D eigenvalue weighted by molar-refractivity contribution is 7.05. The molecule has 3 heterocycles. The third-order valence-corrected chi connectivity index (χ3v) is 18.5. The van der Waals surface area contributed by atoms with Crippen molar-refractivity contribution in [3.63, 3.8) is 0 Å². The van der Waals surface area contributed by atoms with Gasteiger partial charge in [-0.05, 0) is 126 Å². The number of hydrogen-bond acceptors (Lipinski definition) is 4. The number of hydrogen-bond donors (Lipinski definition) is 1. The minimum atomic E-state index is -2.03. The van der Waals surface area contributed by atoms with E-state index in [2.05, 4.69) is 270 Å². The van der Waals surface area contributed by atoms with E-state index >= 15 is 0 Å². The molecule has 1 N–H and O–H groups in total. The van der Waals surface area contributed by atoms with Gasteiger partial charge < -0.3 is 15.0 Å². The van der Waals surface area contributed by atoms with Gasteiger partial charge >= 0.3 is 0 Å². The molecule has 0 saturated heterocycles. The number of nitrogens with zero attached hydrogens (tertiary/aromatic N) is 3. The van der Waals surface area contributed by atoms with Crippen LogP contribution in [0.1, 0.15) is 105 Å². The minimum absolute atomic E-state index is 0.0111. The second-order valence-corrected chi connectivity index (χ2v) is 29.2. The second-order valence-electron chi connectivity index (χ2n) is 24.8. The van der Waals surface area contributed by atoms with Gasteiger partial charge in [0.2, 0.25) is 0 Å². The van der Waals surface area contributed by atoms with Gasteiger partial charge in [0, 0.05) is 53.0 Å². The summed E-state index contributed by atoms with van der Waals surface area (Å²) >= 11 is 0. The Labute approximate surface area is 430 Å². The summed E-state index contributed by atoms with van der Waals surface area (Å²) in [5.41, 5.74) is 16.4. The van der Waals surface area contributed by atoms with Gasteiger partial charge in [-0.3, -0.25) is 4.57 Å². The topological polar surface area (TPSA) is 42.3 Å². The number of nitrogens with one attached hydrogen (secondary N) is 1. The molecular formula is C66H72N4OSi. The second kappa shape index (κ2) is 17.4. The van der Waals surface area contributed by atoms with Gasteiger partial charge in [0.05, 0.1) is 28.1 Å². The normalized spacial score (nSPS) is 13.6. The molecule has 0 amide bonds. The number of rotatable bonds is 9. The van der Waals surface area contributed by atoms with E-state index in [9.17, 15) is 0 Å². The molecule has 9 aromatic rings. The Morgan fingerprint density at radius 3 is 1.76 bits per heavy atom. The summed E-state index contributed by atoms with van der Waals surface area (Å²) in [4.78, 5) is 7.38. The smallest absolute Gasteiger partial charge is 0.137 e. The van der Waals surface area contributed by atoms with Crippen molar-refractivity contribution in [2.75, 3.05) is 17.3 Å². The maximum atomic E-state index is 6.97. The van der Waals surface area contributed by atoms with Crippen molar-refractivity contribution in [2.45, 2.75) is 118 Å². The molecule has 6 heteroatoms. The summed E-state index contributed by atoms with van der Waals surface area (Å²) in [6.45, 7) is 32.6. The van der Waals surface area contributed by atoms with Crippen molar-refractivity contribution >= 4 is 63.0 Å². The van der Waals surface area contributed by atoms with Crippen molar-refractivity contribution in [2.24, 2.45) is 0 Å². The van der Waals surface area contributed by atoms with E-state index in [0.29, 0.717) is 0 Å². The van der Waals surface area contributed by atoms with Crippen LogP contribution >= 0.6 is 0 Å². The van der Waals surface area contributed by atoms with Gasteiger partial charge in [-0.1, -0.05) is 175 Å². The first kappa shape index (κ1) is 48.7. The zero-order valence-electron chi connectivity index (χ0n) is 45.3. The van der Waals surface area contributed by atoms with Crippen LogP contribution < -0.4 is 25.3 Å². The number of aromatic nitrogens is 2. The molecule has 2 aromatic heterocycles. The number of anilines is 4. The largest absolute Gasteiger partial charge is 0.457 e. The molecule has 0 aliphatic carbocycles. The molecule has 0 spiro atoms. The third kappa shape index (κ3) is 8.82. The van der Waals surface area contributed by atoms with Crippen molar-refractivity contribution in [3.05, 3.63) is 180 Å². The fraction of sp³-hybridized carbons (Fsp3) is 0.288. The minimum Gasteiger partial charge on any atom is -0.457 e. The van der Waals surface area contributed by atoms with Crippen LogP contribution in [0.5, 0.6) is 11.5 Å². The lowest BCUT2D eigenvalue weighted by atomic mass is 9.77. The molecule has 0 radical (unpaired) electrons. The molecule has 1 aliphatic heterocycles. The van der Waals surface area contributed by atoms with Gasteiger partial charge in [-0.15, -0.1) is 0 Å². The van der Waals surface area contributed by atoms with E-state index in [-0.39, 0.29) is 21.7 Å². The highest BCUT2D eigenvalue weighted by Gasteiger charge is 2.39. The lowest BCUT2D eigenvalue weighted by Crippen LogP contribution is -2.49. The zero-order valence-corrected chi connectivity index (χ0v) is 46.3. The van der Waals surface area contributed by atoms with Crippen LogP contribution in [0.2, 0.25) is 13.1 Å². The van der Waals surface area contributed by atoms with Crippen molar-refractivity contribution in [1.29, 1.82) is 0 Å². The Kier molecular flexibility index (Phi) is 11.8. The van der Waals surface area contributed by atoms with Gasteiger partial charge in [-0.2, -0.15) is 0 Å². The van der Waals surface area contributed by atoms with Crippen LogP contribution in [0.15, 0.2) is 158 Å². The van der Waals surface area contributed by atoms with Gasteiger partial charge in [0.1, 0.15) is 25.4 Å². The highest BCUT2D eigenvalue weighted by atomic mass is 28.3. The Morgan fingerprint density at radius 2 is 1.10 bits per heavy atom. The molecule has 0 fully saturated rings. The number of ether oxygens (including phenoxy) is 1. The molecule has 0 unspecified atom stereocenters. The van der Waals surface area contributed by atoms with Crippen LogP contribution in [-0.4, -0.2) is 24.7 Å². The van der Waals surface area contributed by atoms with Crippen LogP contribution in [0.4, 0.5) is 22.7 Å². The Morgan fingerprint density at radius 1 is 0.500 bits per heavy atom. The SMILES string of the molecule is CN(c1ccccc1Nc1cccc(Oc2cc3c4c5c(cccc5n(-c5cc(C(C)(C)C)ccn5)c4c2)[Si]3(C)C)c1)c1c(-c2ccccc2)cc(C(C)(C)C)cc1-c1cc(C(C)(C)C)cc(C(C)(C)C)c1. The molecule has 366 valence electrons. The fourth-order valence-corrected chi connectivity index (χ4v) is 13.8. The van der Waals surface area contributed by atoms with Crippen LogP contribution in [0.3, 0.4) is 0 Å². The average molecular weight is 965 g/mol. The van der Waals surface area contributed by atoms with E-state index in [1.165, 1.54) is 71.2 Å². The Balaban J connectivity index is 1.07. The number of para-hydroxylation sites is 2. The summed E-state index contributed by atoms with van der Waals surface area (Å²) in [5.74, 6) is 2.53. The van der Waals surface area contributed by atoms with E-state index in [1.807, 2.05) is 6.20 Å². The maximum absolute atomic E-state index is 6.97. The van der Waals surface area contributed by atoms with E-state index in [1.54, 1.807) is 0 Å². The summed E-state index contributed by atoms with van der Waals surface area (Å²) in [6.07, 6.45) is 1.95. The van der Waals surface area contributed by atoms with Crippen molar-refractivity contribution in [3.8, 4) is 39.6 Å². The number of pyridine rings is 1. The molecule has 0 atom stereocenters. The predicted molar refractivity (Wildman–Crippen MR) is 312 cm³/mol.